The summed E-state index contributed by atoms with van der Waals surface area (Å²) in [7, 11) is 1.74. The summed E-state index contributed by atoms with van der Waals surface area (Å²) in [5.74, 6) is 0.903. The van der Waals surface area contributed by atoms with Crippen molar-refractivity contribution in [3.8, 4) is 0 Å². The van der Waals surface area contributed by atoms with E-state index in [1.807, 2.05) is 12.1 Å². The maximum absolute atomic E-state index is 11.6. The summed E-state index contributed by atoms with van der Waals surface area (Å²) in [5, 5.41) is 17.2. The molecule has 2 fully saturated rings. The summed E-state index contributed by atoms with van der Waals surface area (Å²) in [5.41, 5.74) is 0.787. The highest BCUT2D eigenvalue weighted by molar-refractivity contribution is 6.30. The van der Waals surface area contributed by atoms with E-state index in [9.17, 15) is 9.90 Å². The van der Waals surface area contributed by atoms with Crippen molar-refractivity contribution in [1.29, 1.82) is 0 Å². The molecule has 2 aliphatic heterocycles. The number of guanidine groups is 1. The molecule has 1 amide bonds. The second-order valence-corrected chi connectivity index (χ2v) is 7.41. The fourth-order valence-electron chi connectivity index (χ4n) is 3.78. The molecule has 7 heteroatoms. The Bertz CT molecular complexity index is 666. The summed E-state index contributed by atoms with van der Waals surface area (Å²) < 4.78 is 0. The van der Waals surface area contributed by atoms with Crippen LogP contribution in [0.15, 0.2) is 29.3 Å². The number of amides is 1. The van der Waals surface area contributed by atoms with Gasteiger partial charge in [-0.3, -0.25) is 9.79 Å². The summed E-state index contributed by atoms with van der Waals surface area (Å²) in [6.07, 6.45) is 2.02. The van der Waals surface area contributed by atoms with Gasteiger partial charge >= 0.3 is 0 Å². The number of piperidine rings is 1. The van der Waals surface area contributed by atoms with E-state index in [-0.39, 0.29) is 11.3 Å². The number of hydrogen-bond donors (Lipinski definition) is 3. The van der Waals surface area contributed by atoms with Crippen LogP contribution in [0.2, 0.25) is 5.02 Å². The van der Waals surface area contributed by atoms with E-state index in [1.54, 1.807) is 19.2 Å². The largest absolute Gasteiger partial charge is 0.387 e. The van der Waals surface area contributed by atoms with Gasteiger partial charge in [0.2, 0.25) is 5.91 Å². The number of nitrogens with zero attached hydrogens (tertiary/aromatic N) is 2. The third-order valence-electron chi connectivity index (χ3n) is 5.06. The van der Waals surface area contributed by atoms with Crippen LogP contribution in [-0.4, -0.2) is 55.1 Å². The number of carbonyl (C=O) groups is 1. The van der Waals surface area contributed by atoms with Crippen LogP contribution in [0.4, 0.5) is 0 Å². The van der Waals surface area contributed by atoms with Crippen LogP contribution in [0.5, 0.6) is 0 Å². The summed E-state index contributed by atoms with van der Waals surface area (Å²) >= 11 is 5.98. The number of aliphatic hydroxyl groups is 1. The fourth-order valence-corrected chi connectivity index (χ4v) is 3.98. The van der Waals surface area contributed by atoms with E-state index in [0.717, 1.165) is 44.0 Å². The zero-order chi connectivity index (χ0) is 17.9. The fraction of sp³-hybridized carbons (Fsp3) is 0.556. The Labute approximate surface area is 153 Å². The highest BCUT2D eigenvalue weighted by Crippen LogP contribution is 2.36. The molecular weight excluding hydrogens is 340 g/mol. The van der Waals surface area contributed by atoms with Crippen molar-refractivity contribution in [2.45, 2.75) is 25.4 Å². The van der Waals surface area contributed by atoms with Gasteiger partial charge in [-0.25, -0.2) is 0 Å². The first-order valence-electron chi connectivity index (χ1n) is 8.67. The van der Waals surface area contributed by atoms with Crippen molar-refractivity contribution >= 4 is 23.5 Å². The molecular formula is C18H25ClN4O2. The third kappa shape index (κ3) is 4.25. The summed E-state index contributed by atoms with van der Waals surface area (Å²) in [6.45, 7) is 2.81. The molecule has 0 aromatic heterocycles. The van der Waals surface area contributed by atoms with Crippen molar-refractivity contribution in [3.05, 3.63) is 34.9 Å². The zero-order valence-electron chi connectivity index (χ0n) is 14.5. The molecule has 0 aliphatic carbocycles. The number of nitrogens with one attached hydrogen (secondary N) is 2. The molecule has 0 saturated carbocycles. The maximum Gasteiger partial charge on any atom is 0.220 e. The maximum atomic E-state index is 11.6. The minimum Gasteiger partial charge on any atom is -0.387 e. The van der Waals surface area contributed by atoms with Gasteiger partial charge in [-0.1, -0.05) is 23.7 Å². The van der Waals surface area contributed by atoms with E-state index >= 15 is 0 Å². The van der Waals surface area contributed by atoms with Gasteiger partial charge < -0.3 is 20.6 Å². The lowest BCUT2D eigenvalue weighted by molar-refractivity contribution is -0.119. The van der Waals surface area contributed by atoms with E-state index in [4.69, 9.17) is 11.6 Å². The SMILES string of the molecule is CN=C(NCC(O)c1cccc(Cl)c1)N1CCCC2(CNC(=O)C2)C1. The number of halogens is 1. The van der Waals surface area contributed by atoms with E-state index in [1.165, 1.54) is 0 Å². The number of benzene rings is 1. The van der Waals surface area contributed by atoms with Crippen molar-refractivity contribution in [3.63, 3.8) is 0 Å². The number of rotatable bonds is 3. The number of hydrogen-bond acceptors (Lipinski definition) is 3. The summed E-state index contributed by atoms with van der Waals surface area (Å²) in [6, 6.07) is 7.23. The van der Waals surface area contributed by atoms with Gasteiger partial charge in [0, 0.05) is 50.1 Å². The number of aliphatic imine (C=N–C) groups is 1. The molecule has 1 spiro atoms. The lowest BCUT2D eigenvalue weighted by Gasteiger charge is -2.40. The van der Waals surface area contributed by atoms with Gasteiger partial charge in [0.05, 0.1) is 6.10 Å². The smallest absolute Gasteiger partial charge is 0.220 e. The van der Waals surface area contributed by atoms with Crippen molar-refractivity contribution in [2.75, 3.05) is 33.2 Å². The second kappa shape index (κ2) is 7.62. The lowest BCUT2D eigenvalue weighted by atomic mass is 9.79. The quantitative estimate of drug-likeness (QED) is 0.562. The van der Waals surface area contributed by atoms with E-state index < -0.39 is 6.10 Å². The molecule has 3 rings (SSSR count). The first kappa shape index (κ1) is 18.0. The molecule has 2 saturated heterocycles. The van der Waals surface area contributed by atoms with Crippen LogP contribution in [0, 0.1) is 5.41 Å². The van der Waals surface area contributed by atoms with Crippen LogP contribution >= 0.6 is 11.6 Å². The minimum atomic E-state index is -0.663. The van der Waals surface area contributed by atoms with Gasteiger partial charge in [-0.05, 0) is 30.5 Å². The lowest BCUT2D eigenvalue weighted by Crippen LogP contribution is -2.51. The molecule has 0 bridgehead atoms. The van der Waals surface area contributed by atoms with Crippen LogP contribution in [-0.2, 0) is 4.79 Å². The van der Waals surface area contributed by atoms with E-state index in [0.29, 0.717) is 18.0 Å². The number of aliphatic hydroxyl groups excluding tert-OH is 1. The van der Waals surface area contributed by atoms with Gasteiger partial charge in [-0.15, -0.1) is 0 Å². The number of carbonyl (C=O) groups excluding carboxylic acids is 1. The Morgan fingerprint density at radius 3 is 3.08 bits per heavy atom. The van der Waals surface area contributed by atoms with Gasteiger partial charge in [0.15, 0.2) is 5.96 Å². The Morgan fingerprint density at radius 2 is 2.40 bits per heavy atom. The number of likely N-dealkylation sites (tertiary alicyclic amines) is 1. The molecule has 2 atom stereocenters. The molecule has 2 unspecified atom stereocenters. The molecule has 2 aliphatic rings. The zero-order valence-corrected chi connectivity index (χ0v) is 15.2. The van der Waals surface area contributed by atoms with Crippen molar-refractivity contribution in [2.24, 2.45) is 10.4 Å². The molecule has 1 aromatic carbocycles. The highest BCUT2D eigenvalue weighted by atomic mass is 35.5. The van der Waals surface area contributed by atoms with Gasteiger partial charge in [0.1, 0.15) is 0 Å². The Morgan fingerprint density at radius 1 is 1.56 bits per heavy atom. The predicted molar refractivity (Wildman–Crippen MR) is 98.6 cm³/mol. The van der Waals surface area contributed by atoms with Crippen molar-refractivity contribution < 1.29 is 9.90 Å². The predicted octanol–water partition coefficient (Wildman–Crippen LogP) is 1.55. The summed E-state index contributed by atoms with van der Waals surface area (Å²) in [4.78, 5) is 18.2. The molecule has 3 N–H and O–H groups in total. The van der Waals surface area contributed by atoms with Crippen LogP contribution in [0.1, 0.15) is 30.9 Å². The molecule has 2 heterocycles. The van der Waals surface area contributed by atoms with Gasteiger partial charge in [0.25, 0.3) is 0 Å². The molecule has 1 aromatic rings. The molecule has 136 valence electrons. The minimum absolute atomic E-state index is 0.0124. The van der Waals surface area contributed by atoms with E-state index in [2.05, 4.69) is 20.5 Å². The van der Waals surface area contributed by atoms with Crippen LogP contribution in [0.3, 0.4) is 0 Å². The molecule has 25 heavy (non-hydrogen) atoms. The van der Waals surface area contributed by atoms with Crippen LogP contribution in [0.25, 0.3) is 0 Å². The van der Waals surface area contributed by atoms with Gasteiger partial charge in [-0.2, -0.15) is 0 Å². The third-order valence-corrected chi connectivity index (χ3v) is 5.29. The highest BCUT2D eigenvalue weighted by Gasteiger charge is 2.42. The Hall–Kier alpha value is -1.79. The first-order valence-corrected chi connectivity index (χ1v) is 9.05. The second-order valence-electron chi connectivity index (χ2n) is 6.98. The Balaban J connectivity index is 1.60. The average molecular weight is 365 g/mol. The standard InChI is InChI=1S/C18H25ClN4O2/c1-20-17(21-10-15(24)13-4-2-5-14(19)8-13)23-7-3-6-18(12-23)9-16(25)22-11-18/h2,4-5,8,15,24H,3,6-7,9-12H2,1H3,(H,20,21)(H,22,25). The Kier molecular flexibility index (Phi) is 5.49. The molecule has 6 nitrogen and oxygen atoms in total. The first-order chi connectivity index (χ1) is 12.0. The van der Waals surface area contributed by atoms with Crippen LogP contribution < -0.4 is 10.6 Å². The topological polar surface area (TPSA) is 77.0 Å². The normalized spacial score (nSPS) is 25.2. The average Bonchev–Trinajstić information content (AvgIpc) is 2.95. The van der Waals surface area contributed by atoms with Crippen molar-refractivity contribution in [1.82, 2.24) is 15.5 Å². The molecule has 0 radical (unpaired) electrons. The monoisotopic (exact) mass is 364 g/mol.